The van der Waals surface area contributed by atoms with Gasteiger partial charge in [0, 0.05) is 31.4 Å². The van der Waals surface area contributed by atoms with Crippen molar-refractivity contribution in [1.82, 2.24) is 14.1 Å². The maximum atomic E-state index is 12.8. The van der Waals surface area contributed by atoms with E-state index in [1.165, 1.54) is 4.31 Å². The maximum absolute atomic E-state index is 12.8. The molecule has 1 aromatic heterocycles. The first-order chi connectivity index (χ1) is 10.9. The molecule has 0 saturated carbocycles. The lowest BCUT2D eigenvalue weighted by atomic mass is 10.2. The van der Waals surface area contributed by atoms with Crippen LogP contribution in [0.15, 0.2) is 35.4 Å². The van der Waals surface area contributed by atoms with Crippen LogP contribution in [-0.4, -0.2) is 36.2 Å². The van der Waals surface area contributed by atoms with Crippen molar-refractivity contribution in [2.24, 2.45) is 0 Å². The van der Waals surface area contributed by atoms with Crippen molar-refractivity contribution in [3.63, 3.8) is 0 Å². The number of methoxy groups -OCH3 is 1. The van der Waals surface area contributed by atoms with E-state index in [-0.39, 0.29) is 4.90 Å². The Morgan fingerprint density at radius 2 is 1.87 bits per heavy atom. The molecule has 0 unspecified atom stereocenters. The normalized spacial score (nSPS) is 11.9. The first kappa shape index (κ1) is 17.5. The van der Waals surface area contributed by atoms with Crippen molar-refractivity contribution in [3.05, 3.63) is 41.7 Å². The molecule has 0 radical (unpaired) electrons. The van der Waals surface area contributed by atoms with Crippen molar-refractivity contribution in [2.75, 3.05) is 13.7 Å². The minimum Gasteiger partial charge on any atom is -0.497 e. The minimum absolute atomic E-state index is 0.265. The molecule has 1 heterocycles. The molecule has 0 spiro atoms. The van der Waals surface area contributed by atoms with Crippen LogP contribution >= 0.6 is 0 Å². The van der Waals surface area contributed by atoms with Crippen LogP contribution in [0, 0.1) is 6.92 Å². The fraction of sp³-hybridized carbons (Fsp3) is 0.438. The number of ether oxygens (including phenoxy) is 1. The molecule has 126 valence electrons. The quantitative estimate of drug-likeness (QED) is 0.778. The van der Waals surface area contributed by atoms with Crippen molar-refractivity contribution >= 4 is 10.0 Å². The summed E-state index contributed by atoms with van der Waals surface area (Å²) in [7, 11) is -2.00. The molecule has 0 bridgehead atoms. The van der Waals surface area contributed by atoms with Crippen LogP contribution < -0.4 is 4.74 Å². The summed E-state index contributed by atoms with van der Waals surface area (Å²) in [6, 6.07) is 6.44. The van der Waals surface area contributed by atoms with E-state index >= 15 is 0 Å². The lowest BCUT2D eigenvalue weighted by Gasteiger charge is -2.20. The number of aryl methyl sites for hydroxylation is 2. The monoisotopic (exact) mass is 337 g/mol. The zero-order chi connectivity index (χ0) is 17.0. The van der Waals surface area contributed by atoms with E-state index in [1.807, 2.05) is 31.6 Å². The molecule has 2 rings (SSSR count). The molecule has 23 heavy (non-hydrogen) atoms. The molecule has 0 fully saturated rings. The van der Waals surface area contributed by atoms with Gasteiger partial charge in [-0.15, -0.1) is 0 Å². The second-order valence-electron chi connectivity index (χ2n) is 5.20. The van der Waals surface area contributed by atoms with Crippen molar-refractivity contribution in [2.45, 2.75) is 38.8 Å². The van der Waals surface area contributed by atoms with Crippen LogP contribution in [0.5, 0.6) is 5.75 Å². The van der Waals surface area contributed by atoms with Crippen LogP contribution in [0.1, 0.15) is 25.1 Å². The highest BCUT2D eigenvalue weighted by atomic mass is 32.2. The van der Waals surface area contributed by atoms with Gasteiger partial charge in [-0.1, -0.05) is 6.92 Å². The fourth-order valence-electron chi connectivity index (χ4n) is 2.33. The zero-order valence-corrected chi connectivity index (χ0v) is 14.8. The summed E-state index contributed by atoms with van der Waals surface area (Å²) in [6.07, 6.45) is 1.90. The van der Waals surface area contributed by atoms with Crippen molar-refractivity contribution < 1.29 is 13.2 Å². The second kappa shape index (κ2) is 7.14. The molecule has 0 aliphatic rings. The van der Waals surface area contributed by atoms with Gasteiger partial charge in [-0.05, 0) is 38.1 Å². The van der Waals surface area contributed by atoms with Crippen LogP contribution in [0.4, 0.5) is 0 Å². The van der Waals surface area contributed by atoms with Gasteiger partial charge < -0.3 is 4.74 Å². The number of sulfonamides is 1. The second-order valence-corrected chi connectivity index (χ2v) is 7.14. The number of aromatic nitrogens is 2. The third-order valence-electron chi connectivity index (χ3n) is 3.77. The summed E-state index contributed by atoms with van der Waals surface area (Å²) in [5.74, 6) is 0.632. The first-order valence-corrected chi connectivity index (χ1v) is 9.03. The Hall–Kier alpha value is -1.86. The van der Waals surface area contributed by atoms with E-state index in [0.717, 1.165) is 17.8 Å². The van der Waals surface area contributed by atoms with Crippen molar-refractivity contribution in [1.29, 1.82) is 0 Å². The number of benzene rings is 1. The summed E-state index contributed by atoms with van der Waals surface area (Å²) < 4.78 is 34.0. The molecule has 0 aliphatic carbocycles. The summed E-state index contributed by atoms with van der Waals surface area (Å²) in [5.41, 5.74) is 1.78. The molecule has 0 amide bonds. The molecular weight excluding hydrogens is 314 g/mol. The molecule has 1 aromatic carbocycles. The van der Waals surface area contributed by atoms with E-state index in [9.17, 15) is 8.42 Å². The van der Waals surface area contributed by atoms with E-state index in [0.29, 0.717) is 18.8 Å². The molecule has 7 heteroatoms. The molecule has 2 aromatic rings. The topological polar surface area (TPSA) is 64.4 Å². The Morgan fingerprint density at radius 3 is 2.35 bits per heavy atom. The third kappa shape index (κ3) is 3.73. The van der Waals surface area contributed by atoms with Gasteiger partial charge >= 0.3 is 0 Å². The van der Waals surface area contributed by atoms with Gasteiger partial charge in [-0.25, -0.2) is 8.42 Å². The summed E-state index contributed by atoms with van der Waals surface area (Å²) in [4.78, 5) is 0.265. The summed E-state index contributed by atoms with van der Waals surface area (Å²) >= 11 is 0. The van der Waals surface area contributed by atoms with E-state index in [4.69, 9.17) is 4.74 Å². The predicted octanol–water partition coefficient (Wildman–Crippen LogP) is 2.43. The third-order valence-corrected chi connectivity index (χ3v) is 5.70. The zero-order valence-electron chi connectivity index (χ0n) is 14.0. The van der Waals surface area contributed by atoms with Crippen LogP contribution in [0.3, 0.4) is 0 Å². The highest BCUT2D eigenvalue weighted by Crippen LogP contribution is 2.21. The van der Waals surface area contributed by atoms with E-state index in [2.05, 4.69) is 5.10 Å². The molecule has 0 N–H and O–H groups in total. The number of rotatable bonds is 7. The average molecular weight is 337 g/mol. The molecule has 0 aliphatic heterocycles. The van der Waals surface area contributed by atoms with Crippen LogP contribution in [0.2, 0.25) is 0 Å². The minimum atomic E-state index is -3.55. The number of hydrogen-bond acceptors (Lipinski definition) is 4. The van der Waals surface area contributed by atoms with Gasteiger partial charge in [0.2, 0.25) is 10.0 Å². The predicted molar refractivity (Wildman–Crippen MR) is 88.9 cm³/mol. The Labute approximate surface area is 137 Å². The van der Waals surface area contributed by atoms with Gasteiger partial charge in [-0.2, -0.15) is 9.40 Å². The van der Waals surface area contributed by atoms with Gasteiger partial charge in [0.1, 0.15) is 5.75 Å². The highest BCUT2D eigenvalue weighted by Gasteiger charge is 2.24. The Balaban J connectivity index is 2.28. The Bertz CT molecular complexity index is 751. The van der Waals surface area contributed by atoms with Gasteiger partial charge in [0.05, 0.1) is 17.7 Å². The van der Waals surface area contributed by atoms with Gasteiger partial charge in [-0.3, -0.25) is 4.68 Å². The number of hydrogen-bond donors (Lipinski definition) is 0. The van der Waals surface area contributed by atoms with E-state index in [1.54, 1.807) is 31.4 Å². The number of nitrogens with zero attached hydrogens (tertiary/aromatic N) is 3. The lowest BCUT2D eigenvalue weighted by molar-refractivity contribution is 0.413. The van der Waals surface area contributed by atoms with Crippen molar-refractivity contribution in [3.8, 4) is 5.75 Å². The van der Waals surface area contributed by atoms with Gasteiger partial charge in [0.25, 0.3) is 0 Å². The SMILES string of the molecule is CCN(Cc1cn(CC)nc1C)S(=O)(=O)c1ccc(OC)cc1. The lowest BCUT2D eigenvalue weighted by Crippen LogP contribution is -2.30. The highest BCUT2D eigenvalue weighted by molar-refractivity contribution is 7.89. The largest absolute Gasteiger partial charge is 0.497 e. The smallest absolute Gasteiger partial charge is 0.243 e. The standard InChI is InChI=1S/C16H23N3O3S/c1-5-18-11-14(13(3)17-18)12-19(6-2)23(20,21)16-9-7-15(22-4)8-10-16/h7-11H,5-6,12H2,1-4H3. The van der Waals surface area contributed by atoms with Crippen LogP contribution in [0.25, 0.3) is 0 Å². The first-order valence-electron chi connectivity index (χ1n) is 7.59. The van der Waals surface area contributed by atoms with E-state index < -0.39 is 10.0 Å². The molecule has 6 nitrogen and oxygen atoms in total. The molecular formula is C16H23N3O3S. The molecule has 0 atom stereocenters. The Kier molecular flexibility index (Phi) is 5.43. The van der Waals surface area contributed by atoms with Crippen LogP contribution in [-0.2, 0) is 23.1 Å². The maximum Gasteiger partial charge on any atom is 0.243 e. The summed E-state index contributed by atoms with van der Waals surface area (Å²) in [6.45, 7) is 7.21. The van der Waals surface area contributed by atoms with Gasteiger partial charge in [0.15, 0.2) is 0 Å². The molecule has 0 saturated heterocycles. The fourth-order valence-corrected chi connectivity index (χ4v) is 3.76. The summed E-state index contributed by atoms with van der Waals surface area (Å²) in [5, 5.41) is 4.37. The Morgan fingerprint density at radius 1 is 1.22 bits per heavy atom. The average Bonchev–Trinajstić information content (AvgIpc) is 2.92.